The molecule has 0 aliphatic carbocycles. The SMILES string of the molecule is Cc1c(C(=O)Cl)cc([N+](=O)[O-])cc1S(=O)(=O)c1ccccc1. The average Bonchev–Trinajstić information content (AvgIpc) is 2.47. The molecule has 114 valence electrons. The van der Waals surface area contributed by atoms with Crippen LogP contribution in [0.1, 0.15) is 15.9 Å². The van der Waals surface area contributed by atoms with Crippen LogP contribution in [0.2, 0.25) is 0 Å². The monoisotopic (exact) mass is 339 g/mol. The van der Waals surface area contributed by atoms with Gasteiger partial charge in [0.1, 0.15) is 0 Å². The molecule has 0 heterocycles. The van der Waals surface area contributed by atoms with Crippen molar-refractivity contribution >= 4 is 32.4 Å². The minimum Gasteiger partial charge on any atom is -0.276 e. The standard InChI is InChI=1S/C14H10ClNO5S/c1-9-12(14(15)17)7-10(16(18)19)8-13(9)22(20,21)11-5-3-2-4-6-11/h2-8H,1H3. The van der Waals surface area contributed by atoms with Crippen LogP contribution in [0.15, 0.2) is 52.3 Å². The second-order valence-electron chi connectivity index (χ2n) is 4.46. The highest BCUT2D eigenvalue weighted by molar-refractivity contribution is 7.91. The number of nitrogens with zero attached hydrogens (tertiary/aromatic N) is 1. The first-order chi connectivity index (χ1) is 10.2. The van der Waals surface area contributed by atoms with Crippen LogP contribution in [-0.4, -0.2) is 18.6 Å². The lowest BCUT2D eigenvalue weighted by atomic mass is 10.1. The maximum absolute atomic E-state index is 12.6. The van der Waals surface area contributed by atoms with Crippen LogP contribution in [0.5, 0.6) is 0 Å². The Labute approximate surface area is 131 Å². The molecule has 8 heteroatoms. The number of carbonyl (C=O) groups excluding carboxylic acids is 1. The molecule has 0 aliphatic rings. The van der Waals surface area contributed by atoms with Crippen molar-refractivity contribution in [2.45, 2.75) is 16.7 Å². The topological polar surface area (TPSA) is 94.3 Å². The molecule has 0 saturated heterocycles. The Bertz CT molecular complexity index is 862. The number of rotatable bonds is 4. The van der Waals surface area contributed by atoms with Crippen LogP contribution in [-0.2, 0) is 9.84 Å². The van der Waals surface area contributed by atoms with Gasteiger partial charge in [0, 0.05) is 17.7 Å². The highest BCUT2D eigenvalue weighted by Crippen LogP contribution is 2.30. The lowest BCUT2D eigenvalue weighted by molar-refractivity contribution is -0.385. The van der Waals surface area contributed by atoms with Gasteiger partial charge in [-0.2, -0.15) is 0 Å². The summed E-state index contributed by atoms with van der Waals surface area (Å²) in [6, 6.07) is 9.36. The molecule has 0 atom stereocenters. The Morgan fingerprint density at radius 2 is 1.77 bits per heavy atom. The molecule has 2 rings (SSSR count). The summed E-state index contributed by atoms with van der Waals surface area (Å²) in [5, 5.41) is 10.0. The van der Waals surface area contributed by atoms with Crippen LogP contribution < -0.4 is 0 Å². The maximum Gasteiger partial charge on any atom is 0.271 e. The molecule has 0 unspecified atom stereocenters. The predicted octanol–water partition coefficient (Wildman–Crippen LogP) is 3.12. The van der Waals surface area contributed by atoms with Crippen molar-refractivity contribution in [3.05, 3.63) is 63.7 Å². The molecule has 0 aromatic heterocycles. The third kappa shape index (κ3) is 2.86. The molecule has 0 saturated carbocycles. The van der Waals surface area contributed by atoms with Gasteiger partial charge < -0.3 is 0 Å². The van der Waals surface area contributed by atoms with E-state index in [4.69, 9.17) is 11.6 Å². The first-order valence-corrected chi connectivity index (χ1v) is 7.90. The normalized spacial score (nSPS) is 11.2. The van der Waals surface area contributed by atoms with E-state index in [2.05, 4.69) is 0 Å². The summed E-state index contributed by atoms with van der Waals surface area (Å²) in [4.78, 5) is 21.3. The molecule has 0 spiro atoms. The zero-order valence-electron chi connectivity index (χ0n) is 11.3. The zero-order valence-corrected chi connectivity index (χ0v) is 12.9. The fraction of sp³-hybridized carbons (Fsp3) is 0.0714. The number of non-ortho nitro benzene ring substituents is 1. The molecule has 2 aromatic rings. The van der Waals surface area contributed by atoms with E-state index in [0.717, 1.165) is 12.1 Å². The molecule has 0 amide bonds. The van der Waals surface area contributed by atoms with Gasteiger partial charge in [0.25, 0.3) is 10.9 Å². The van der Waals surface area contributed by atoms with Crippen molar-refractivity contribution in [3.63, 3.8) is 0 Å². The second kappa shape index (κ2) is 5.86. The van der Waals surface area contributed by atoms with Gasteiger partial charge in [-0.25, -0.2) is 8.42 Å². The molecule has 2 aromatic carbocycles. The van der Waals surface area contributed by atoms with E-state index in [1.54, 1.807) is 6.07 Å². The van der Waals surface area contributed by atoms with Crippen molar-refractivity contribution in [1.82, 2.24) is 0 Å². The molecule has 0 N–H and O–H groups in total. The second-order valence-corrected chi connectivity index (χ2v) is 6.73. The van der Waals surface area contributed by atoms with Crippen LogP contribution >= 0.6 is 11.6 Å². The van der Waals surface area contributed by atoms with Gasteiger partial charge in [0.15, 0.2) is 0 Å². The molecule has 0 fully saturated rings. The number of benzene rings is 2. The highest BCUT2D eigenvalue weighted by atomic mass is 35.5. The minimum atomic E-state index is -4.00. The fourth-order valence-electron chi connectivity index (χ4n) is 1.99. The van der Waals surface area contributed by atoms with E-state index in [0.29, 0.717) is 0 Å². The number of halogens is 1. The van der Waals surface area contributed by atoms with Gasteiger partial charge in [0.05, 0.1) is 14.7 Å². The van der Waals surface area contributed by atoms with E-state index >= 15 is 0 Å². The van der Waals surface area contributed by atoms with E-state index in [9.17, 15) is 23.3 Å². The highest BCUT2D eigenvalue weighted by Gasteiger charge is 2.26. The fourth-order valence-corrected chi connectivity index (χ4v) is 3.74. The maximum atomic E-state index is 12.6. The van der Waals surface area contributed by atoms with Crippen LogP contribution in [0.3, 0.4) is 0 Å². The van der Waals surface area contributed by atoms with Gasteiger partial charge in [-0.1, -0.05) is 18.2 Å². The van der Waals surface area contributed by atoms with E-state index in [-0.39, 0.29) is 20.9 Å². The van der Waals surface area contributed by atoms with Gasteiger partial charge in [-0.3, -0.25) is 14.9 Å². The largest absolute Gasteiger partial charge is 0.276 e. The minimum absolute atomic E-state index is 0.0217. The molecule has 0 aliphatic heterocycles. The summed E-state index contributed by atoms with van der Waals surface area (Å²) in [6.07, 6.45) is 0. The Morgan fingerprint density at radius 3 is 2.27 bits per heavy atom. The van der Waals surface area contributed by atoms with Crippen LogP contribution in [0.25, 0.3) is 0 Å². The number of nitro benzene ring substituents is 1. The third-order valence-electron chi connectivity index (χ3n) is 3.11. The van der Waals surface area contributed by atoms with E-state index in [1.807, 2.05) is 0 Å². The van der Waals surface area contributed by atoms with E-state index < -0.39 is 25.7 Å². The summed E-state index contributed by atoms with van der Waals surface area (Å²) in [7, 11) is -4.00. The number of carbonyl (C=O) groups is 1. The molecular weight excluding hydrogens is 330 g/mol. The number of nitro groups is 1. The van der Waals surface area contributed by atoms with Crippen molar-refractivity contribution < 1.29 is 18.1 Å². The Morgan fingerprint density at radius 1 is 1.18 bits per heavy atom. The summed E-state index contributed by atoms with van der Waals surface area (Å²) in [5.41, 5.74) is -0.635. The molecule has 6 nitrogen and oxygen atoms in total. The van der Waals surface area contributed by atoms with Crippen molar-refractivity contribution in [2.75, 3.05) is 0 Å². The van der Waals surface area contributed by atoms with Crippen molar-refractivity contribution in [3.8, 4) is 0 Å². The van der Waals surface area contributed by atoms with Crippen molar-refractivity contribution in [2.24, 2.45) is 0 Å². The quantitative estimate of drug-likeness (QED) is 0.484. The van der Waals surface area contributed by atoms with Gasteiger partial charge in [-0.15, -0.1) is 0 Å². The van der Waals surface area contributed by atoms with Crippen LogP contribution in [0, 0.1) is 17.0 Å². The van der Waals surface area contributed by atoms with E-state index in [1.165, 1.54) is 31.2 Å². The molecule has 22 heavy (non-hydrogen) atoms. The van der Waals surface area contributed by atoms with Gasteiger partial charge in [-0.05, 0) is 36.2 Å². The lowest BCUT2D eigenvalue weighted by Gasteiger charge is -2.10. The smallest absolute Gasteiger partial charge is 0.271 e. The number of hydrogen-bond donors (Lipinski definition) is 0. The lowest BCUT2D eigenvalue weighted by Crippen LogP contribution is -2.08. The van der Waals surface area contributed by atoms with Crippen molar-refractivity contribution in [1.29, 1.82) is 0 Å². The predicted molar refractivity (Wildman–Crippen MR) is 79.9 cm³/mol. The van der Waals surface area contributed by atoms with Gasteiger partial charge >= 0.3 is 0 Å². The summed E-state index contributed by atoms with van der Waals surface area (Å²) >= 11 is 5.40. The number of hydrogen-bond acceptors (Lipinski definition) is 5. The zero-order chi connectivity index (χ0) is 16.5. The average molecular weight is 340 g/mol. The first kappa shape index (κ1) is 16.1. The van der Waals surface area contributed by atoms with Gasteiger partial charge in [0.2, 0.25) is 9.84 Å². The Balaban J connectivity index is 2.80. The molecule has 0 bridgehead atoms. The third-order valence-corrected chi connectivity index (χ3v) is 5.21. The Hall–Kier alpha value is -2.25. The number of sulfone groups is 1. The first-order valence-electron chi connectivity index (χ1n) is 6.04. The molecular formula is C14H10ClNO5S. The summed E-state index contributed by atoms with van der Waals surface area (Å²) in [6.45, 7) is 1.38. The molecule has 0 radical (unpaired) electrons. The summed E-state index contributed by atoms with van der Waals surface area (Å²) in [5.74, 6) is 0. The Kier molecular flexibility index (Phi) is 4.30. The summed E-state index contributed by atoms with van der Waals surface area (Å²) < 4.78 is 25.3. The van der Waals surface area contributed by atoms with Crippen LogP contribution in [0.4, 0.5) is 5.69 Å².